The lowest BCUT2D eigenvalue weighted by Crippen LogP contribution is -2.57. The maximum Gasteiger partial charge on any atom is 0.416 e. The summed E-state index contributed by atoms with van der Waals surface area (Å²) in [5.74, 6) is -1.85. The number of nitro groups is 1. The third kappa shape index (κ3) is 8.65. The van der Waals surface area contributed by atoms with Crippen molar-refractivity contribution in [1.82, 2.24) is 15.1 Å². The molecule has 16 heteroatoms. The van der Waals surface area contributed by atoms with Gasteiger partial charge in [0, 0.05) is 23.1 Å². The van der Waals surface area contributed by atoms with Gasteiger partial charge in [0.1, 0.15) is 10.6 Å². The molecule has 2 amide bonds. The second-order valence-corrected chi connectivity index (χ2v) is 13.2. The zero-order valence-corrected chi connectivity index (χ0v) is 26.4. The molecule has 2 atom stereocenters. The predicted molar refractivity (Wildman–Crippen MR) is 159 cm³/mol. The van der Waals surface area contributed by atoms with Crippen molar-refractivity contribution in [3.05, 3.63) is 69.5 Å². The van der Waals surface area contributed by atoms with Gasteiger partial charge in [-0.25, -0.2) is 14.5 Å². The van der Waals surface area contributed by atoms with Gasteiger partial charge < -0.3 is 9.84 Å². The number of carbonyl (C=O) groups excluding carboxylic acids is 1. The molecule has 45 heavy (non-hydrogen) atoms. The van der Waals surface area contributed by atoms with E-state index < -0.39 is 63.5 Å². The molecule has 2 aromatic carbocycles. The van der Waals surface area contributed by atoms with Crippen molar-refractivity contribution in [1.29, 1.82) is 0 Å². The molecule has 0 saturated carbocycles. The Balaban J connectivity index is 2.13. The molecule has 0 unspecified atom stereocenters. The molecule has 0 fully saturated rings. The van der Waals surface area contributed by atoms with Gasteiger partial charge in [-0.2, -0.15) is 17.6 Å². The molecule has 1 aromatic heterocycles. The summed E-state index contributed by atoms with van der Waals surface area (Å²) in [6, 6.07) is 6.41. The minimum atomic E-state index is -4.57. The number of nitrogens with zero attached hydrogens (tertiary/aromatic N) is 5. The zero-order valence-electron chi connectivity index (χ0n) is 25.5. The number of carboxylic acid groups (broad SMARTS) is 1. The number of rotatable bonds is 8. The van der Waals surface area contributed by atoms with Gasteiger partial charge in [0.05, 0.1) is 23.1 Å². The van der Waals surface area contributed by atoms with Gasteiger partial charge in [-0.15, -0.1) is 10.2 Å². The molecule has 0 aliphatic carbocycles. The van der Waals surface area contributed by atoms with Crippen molar-refractivity contribution < 1.29 is 41.9 Å². The van der Waals surface area contributed by atoms with E-state index in [0.29, 0.717) is 5.56 Å². The van der Waals surface area contributed by atoms with Gasteiger partial charge in [-0.1, -0.05) is 30.4 Å². The Kier molecular flexibility index (Phi) is 10.1. The molecule has 0 saturated heterocycles. The van der Waals surface area contributed by atoms with Crippen LogP contribution in [-0.4, -0.2) is 61.0 Å². The number of benzene rings is 2. The van der Waals surface area contributed by atoms with E-state index in [1.165, 1.54) is 18.2 Å². The van der Waals surface area contributed by atoms with Crippen molar-refractivity contribution in [2.24, 2.45) is 0 Å². The van der Waals surface area contributed by atoms with Crippen molar-refractivity contribution in [2.45, 2.75) is 77.7 Å². The summed E-state index contributed by atoms with van der Waals surface area (Å²) < 4.78 is 59.7. The van der Waals surface area contributed by atoms with E-state index in [2.05, 4.69) is 10.2 Å². The molecular formula is C29H33F4N5O6S. The molecule has 11 nitrogen and oxygen atoms in total. The normalized spacial score (nSPS) is 13.6. The average molecular weight is 656 g/mol. The van der Waals surface area contributed by atoms with Crippen LogP contribution in [0.2, 0.25) is 0 Å². The van der Waals surface area contributed by atoms with Crippen LogP contribution >= 0.6 is 11.3 Å². The second kappa shape index (κ2) is 12.9. The van der Waals surface area contributed by atoms with Crippen LogP contribution in [0.25, 0.3) is 10.6 Å². The molecule has 0 spiro atoms. The number of anilines is 1. The van der Waals surface area contributed by atoms with Crippen molar-refractivity contribution in [2.75, 3.05) is 11.4 Å². The first-order valence-corrected chi connectivity index (χ1v) is 14.4. The lowest BCUT2D eigenvalue weighted by Gasteiger charge is -2.44. The number of halogens is 4. The molecule has 0 bridgehead atoms. The van der Waals surface area contributed by atoms with E-state index in [1.54, 1.807) is 48.5 Å². The molecule has 3 aromatic rings. The van der Waals surface area contributed by atoms with Crippen LogP contribution in [0.5, 0.6) is 0 Å². The Morgan fingerprint density at radius 1 is 1.04 bits per heavy atom. The first-order chi connectivity index (χ1) is 20.6. The second-order valence-electron chi connectivity index (χ2n) is 12.2. The summed E-state index contributed by atoms with van der Waals surface area (Å²) in [6.45, 7) is 11.0. The maximum absolute atomic E-state index is 14.4. The summed E-state index contributed by atoms with van der Waals surface area (Å²) >= 11 is 0.829. The fourth-order valence-electron chi connectivity index (χ4n) is 4.55. The van der Waals surface area contributed by atoms with E-state index in [9.17, 15) is 42.4 Å². The van der Waals surface area contributed by atoms with Gasteiger partial charge in [-0.3, -0.25) is 15.0 Å². The van der Waals surface area contributed by atoms with Gasteiger partial charge in [0.15, 0.2) is 0 Å². The lowest BCUT2D eigenvalue weighted by atomic mass is 9.88. The van der Waals surface area contributed by atoms with E-state index in [4.69, 9.17) is 4.74 Å². The topological polar surface area (TPSA) is 139 Å². The Morgan fingerprint density at radius 2 is 1.64 bits per heavy atom. The number of hydrogen-bond acceptors (Lipinski definition) is 8. The molecule has 1 heterocycles. The Morgan fingerprint density at radius 3 is 2.11 bits per heavy atom. The number of ether oxygens (including phenoxy) is 1. The number of alkyl halides is 3. The fraction of sp³-hybridized carbons (Fsp3) is 0.448. The van der Waals surface area contributed by atoms with Crippen molar-refractivity contribution in [3.8, 4) is 10.6 Å². The number of nitro benzene ring substituents is 1. The highest BCUT2D eigenvalue weighted by atomic mass is 32.1. The molecule has 0 aliphatic heterocycles. The summed E-state index contributed by atoms with van der Waals surface area (Å²) in [6.07, 6.45) is -6.83. The standard InChI is InChI=1S/C29H33F4N5O6S/c1-16(17-8-11-19(12-9-17)29(31,32)33)22(37(25(39)40)27(2,3)4)15-36(26(41)44-28(5,6)7)24-35-34-23(45-24)18-10-13-21(38(42)43)20(30)14-18/h8-14,16,22H,15H2,1-7H3,(H,39,40)/t16-,22+/m0/s1. The monoisotopic (exact) mass is 655 g/mol. The van der Waals surface area contributed by atoms with Gasteiger partial charge in [-0.05, 0) is 71.4 Å². The van der Waals surface area contributed by atoms with E-state index in [1.807, 2.05) is 0 Å². The van der Waals surface area contributed by atoms with Crippen LogP contribution in [0.3, 0.4) is 0 Å². The molecule has 0 aliphatic rings. The third-order valence-electron chi connectivity index (χ3n) is 6.62. The smallest absolute Gasteiger partial charge is 0.416 e. The van der Waals surface area contributed by atoms with E-state index in [0.717, 1.165) is 45.4 Å². The maximum atomic E-state index is 14.4. The molecule has 244 valence electrons. The number of aromatic nitrogens is 2. The van der Waals surface area contributed by atoms with Crippen LogP contribution in [0, 0.1) is 15.9 Å². The summed E-state index contributed by atoms with van der Waals surface area (Å²) in [4.78, 5) is 38.6. The number of hydrogen-bond donors (Lipinski definition) is 1. The molecular weight excluding hydrogens is 622 g/mol. The van der Waals surface area contributed by atoms with E-state index >= 15 is 0 Å². The minimum absolute atomic E-state index is 0.0538. The van der Waals surface area contributed by atoms with E-state index in [-0.39, 0.29) is 22.2 Å². The Bertz CT molecular complexity index is 1550. The van der Waals surface area contributed by atoms with Gasteiger partial charge >= 0.3 is 24.1 Å². The summed E-state index contributed by atoms with van der Waals surface area (Å²) in [5.41, 5.74) is -3.11. The van der Waals surface area contributed by atoms with Crippen LogP contribution in [0.1, 0.15) is 65.5 Å². The highest BCUT2D eigenvalue weighted by Crippen LogP contribution is 2.36. The first kappa shape index (κ1) is 35.1. The first-order valence-electron chi connectivity index (χ1n) is 13.6. The van der Waals surface area contributed by atoms with Gasteiger partial charge in [0.2, 0.25) is 10.9 Å². The SMILES string of the molecule is C[C@@H](c1ccc(C(F)(F)F)cc1)[C@@H](CN(C(=O)OC(C)(C)C)c1nnc(-c2ccc([N+](=O)[O-])c(F)c2)s1)N(C(=O)O)C(C)(C)C. The lowest BCUT2D eigenvalue weighted by molar-refractivity contribution is -0.387. The zero-order chi connectivity index (χ0) is 34.1. The highest BCUT2D eigenvalue weighted by molar-refractivity contribution is 7.18. The van der Waals surface area contributed by atoms with Crippen molar-refractivity contribution in [3.63, 3.8) is 0 Å². The average Bonchev–Trinajstić information content (AvgIpc) is 3.37. The Hall–Kier alpha value is -4.34. The number of amides is 2. The predicted octanol–water partition coefficient (Wildman–Crippen LogP) is 7.96. The number of carbonyl (C=O) groups is 2. The fourth-order valence-corrected chi connectivity index (χ4v) is 5.39. The molecule has 0 radical (unpaired) electrons. The van der Waals surface area contributed by atoms with Crippen LogP contribution in [0.4, 0.5) is 38.0 Å². The third-order valence-corrected chi connectivity index (χ3v) is 7.62. The molecule has 3 rings (SSSR count). The quantitative estimate of drug-likeness (QED) is 0.146. The largest absolute Gasteiger partial charge is 0.465 e. The minimum Gasteiger partial charge on any atom is -0.465 e. The molecule has 1 N–H and O–H groups in total. The van der Waals surface area contributed by atoms with Crippen LogP contribution < -0.4 is 4.90 Å². The van der Waals surface area contributed by atoms with Gasteiger partial charge in [0.25, 0.3) is 0 Å². The van der Waals surface area contributed by atoms with Crippen molar-refractivity contribution >= 4 is 34.3 Å². The summed E-state index contributed by atoms with van der Waals surface area (Å²) in [5, 5.41) is 29.5. The Labute approximate surface area is 260 Å². The van der Waals surface area contributed by atoms with Crippen LogP contribution in [0.15, 0.2) is 42.5 Å². The van der Waals surface area contributed by atoms with Crippen LogP contribution in [-0.2, 0) is 10.9 Å². The summed E-state index contributed by atoms with van der Waals surface area (Å²) in [7, 11) is 0. The highest BCUT2D eigenvalue weighted by Gasteiger charge is 2.41.